The Morgan fingerprint density at radius 3 is 2.43 bits per heavy atom. The number of benzene rings is 1. The molecule has 3 rings (SSSR count). The van der Waals surface area contributed by atoms with Crippen LogP contribution in [0, 0.1) is 0 Å². The first-order valence-corrected chi connectivity index (χ1v) is 6.50. The van der Waals surface area contributed by atoms with Crippen LogP contribution in [0.4, 0.5) is 0 Å². The van der Waals surface area contributed by atoms with Crippen molar-refractivity contribution in [2.45, 2.75) is 12.2 Å². The standard InChI is InChI=1S/C14H15N5O2/c1-18-11-10(12(20)19(2)13(18)21)16-14(15,17-11)8-9-6-4-3-5-7-9/h3-7H,8,15H2,1-2H3. The van der Waals surface area contributed by atoms with Crippen molar-refractivity contribution in [1.82, 2.24) is 9.13 Å². The van der Waals surface area contributed by atoms with E-state index < -0.39 is 17.0 Å². The summed E-state index contributed by atoms with van der Waals surface area (Å²) < 4.78 is 2.30. The van der Waals surface area contributed by atoms with Crippen LogP contribution in [-0.4, -0.2) is 14.9 Å². The first-order valence-electron chi connectivity index (χ1n) is 6.50. The molecule has 2 heterocycles. The maximum Gasteiger partial charge on any atom is 0.332 e. The van der Waals surface area contributed by atoms with Gasteiger partial charge < -0.3 is 0 Å². The van der Waals surface area contributed by atoms with E-state index >= 15 is 0 Å². The van der Waals surface area contributed by atoms with Crippen LogP contribution in [0.5, 0.6) is 0 Å². The van der Waals surface area contributed by atoms with Crippen molar-refractivity contribution >= 4 is 0 Å². The van der Waals surface area contributed by atoms with Crippen LogP contribution in [0.15, 0.2) is 49.9 Å². The quantitative estimate of drug-likeness (QED) is 0.704. The van der Waals surface area contributed by atoms with Crippen molar-refractivity contribution < 1.29 is 0 Å². The molecule has 1 unspecified atom stereocenters. The van der Waals surface area contributed by atoms with E-state index in [4.69, 9.17) is 5.73 Å². The van der Waals surface area contributed by atoms with E-state index in [0.29, 0.717) is 6.42 Å². The summed E-state index contributed by atoms with van der Waals surface area (Å²) in [4.78, 5) is 32.6. The Morgan fingerprint density at radius 1 is 1.10 bits per heavy atom. The zero-order valence-corrected chi connectivity index (χ0v) is 11.8. The van der Waals surface area contributed by atoms with E-state index in [0.717, 1.165) is 10.1 Å². The lowest BCUT2D eigenvalue weighted by atomic mass is 10.1. The number of fused-ring (bicyclic) bond motifs is 1. The van der Waals surface area contributed by atoms with Crippen LogP contribution in [-0.2, 0) is 20.5 Å². The fourth-order valence-electron chi connectivity index (χ4n) is 2.42. The van der Waals surface area contributed by atoms with E-state index in [1.54, 1.807) is 7.05 Å². The number of hydrogen-bond acceptors (Lipinski definition) is 5. The van der Waals surface area contributed by atoms with Gasteiger partial charge in [-0.15, -0.1) is 0 Å². The fraction of sp³-hybridized carbons (Fsp3) is 0.286. The number of nitrogens with zero attached hydrogens (tertiary/aromatic N) is 4. The molecule has 108 valence electrons. The Kier molecular flexibility index (Phi) is 2.87. The lowest BCUT2D eigenvalue weighted by Gasteiger charge is -2.16. The molecular weight excluding hydrogens is 270 g/mol. The molecule has 0 amide bonds. The second-order valence-electron chi connectivity index (χ2n) is 5.14. The van der Waals surface area contributed by atoms with Gasteiger partial charge in [-0.3, -0.25) is 19.7 Å². The van der Waals surface area contributed by atoms with Gasteiger partial charge in [0.1, 0.15) is 0 Å². The number of rotatable bonds is 2. The molecule has 0 radical (unpaired) electrons. The Morgan fingerprint density at radius 2 is 1.76 bits per heavy atom. The zero-order chi connectivity index (χ0) is 15.2. The van der Waals surface area contributed by atoms with Gasteiger partial charge in [0, 0.05) is 20.5 Å². The monoisotopic (exact) mass is 285 g/mol. The van der Waals surface area contributed by atoms with Gasteiger partial charge in [-0.05, 0) is 5.56 Å². The maximum absolute atomic E-state index is 12.1. The summed E-state index contributed by atoms with van der Waals surface area (Å²) in [5.41, 5.74) is 6.46. The molecule has 7 heteroatoms. The van der Waals surface area contributed by atoms with Gasteiger partial charge in [0.2, 0.25) is 5.79 Å². The molecule has 7 nitrogen and oxygen atoms in total. The summed E-state index contributed by atoms with van der Waals surface area (Å²) in [6, 6.07) is 9.54. The van der Waals surface area contributed by atoms with Crippen LogP contribution in [0.25, 0.3) is 0 Å². The van der Waals surface area contributed by atoms with Gasteiger partial charge in [0.05, 0.1) is 0 Å². The van der Waals surface area contributed by atoms with Crippen molar-refractivity contribution in [1.29, 1.82) is 0 Å². The van der Waals surface area contributed by atoms with Gasteiger partial charge >= 0.3 is 5.69 Å². The summed E-state index contributed by atoms with van der Waals surface area (Å²) >= 11 is 0. The van der Waals surface area contributed by atoms with E-state index in [1.807, 2.05) is 30.3 Å². The Balaban J connectivity index is 2.20. The molecular formula is C14H15N5O2. The van der Waals surface area contributed by atoms with Crippen LogP contribution < -0.4 is 27.8 Å². The first-order chi connectivity index (χ1) is 9.91. The van der Waals surface area contributed by atoms with Gasteiger partial charge in [-0.2, -0.15) is 0 Å². The van der Waals surface area contributed by atoms with Crippen LogP contribution in [0.3, 0.4) is 0 Å². The molecule has 0 saturated heterocycles. The summed E-state index contributed by atoms with van der Waals surface area (Å²) in [5.74, 6) is -1.25. The largest absolute Gasteiger partial charge is 0.332 e. The fourth-order valence-corrected chi connectivity index (χ4v) is 2.42. The molecule has 1 aromatic heterocycles. The number of hydrogen-bond donors (Lipinski definition) is 1. The predicted octanol–water partition coefficient (Wildman–Crippen LogP) is -1.81. The third kappa shape index (κ3) is 2.11. The second-order valence-corrected chi connectivity index (χ2v) is 5.14. The van der Waals surface area contributed by atoms with Gasteiger partial charge in [0.15, 0.2) is 10.8 Å². The van der Waals surface area contributed by atoms with Crippen molar-refractivity contribution in [2.24, 2.45) is 29.8 Å². The van der Waals surface area contributed by atoms with Crippen molar-refractivity contribution in [2.75, 3.05) is 0 Å². The Labute approximate surface area is 119 Å². The van der Waals surface area contributed by atoms with Crippen LogP contribution in [0.2, 0.25) is 0 Å². The van der Waals surface area contributed by atoms with Crippen molar-refractivity contribution in [3.8, 4) is 0 Å². The van der Waals surface area contributed by atoms with E-state index in [1.165, 1.54) is 11.6 Å². The Bertz CT molecular complexity index is 942. The normalized spacial score (nSPS) is 19.8. The number of aromatic nitrogens is 2. The van der Waals surface area contributed by atoms with E-state index in [-0.39, 0.29) is 10.8 Å². The third-order valence-corrected chi connectivity index (χ3v) is 3.52. The molecule has 2 aromatic rings. The van der Waals surface area contributed by atoms with E-state index in [2.05, 4.69) is 9.98 Å². The minimum absolute atomic E-state index is 0.137. The van der Waals surface area contributed by atoms with Gasteiger partial charge in [-0.25, -0.2) is 14.8 Å². The SMILES string of the molecule is Cn1c(=O)c2c(n(C)c1=O)=NC(N)(Cc1ccccc1)N=2. The number of nitrogens with two attached hydrogens (primary N) is 1. The smallest absolute Gasteiger partial charge is 0.288 e. The lowest BCUT2D eigenvalue weighted by molar-refractivity contribution is 0.459. The first kappa shape index (κ1) is 13.4. The van der Waals surface area contributed by atoms with Crippen LogP contribution >= 0.6 is 0 Å². The molecule has 1 aromatic carbocycles. The predicted molar refractivity (Wildman–Crippen MR) is 76.3 cm³/mol. The van der Waals surface area contributed by atoms with Crippen LogP contribution in [0.1, 0.15) is 5.56 Å². The van der Waals surface area contributed by atoms with Gasteiger partial charge in [0.25, 0.3) is 5.56 Å². The third-order valence-electron chi connectivity index (χ3n) is 3.52. The molecule has 0 bridgehead atoms. The molecule has 0 saturated carbocycles. The Hall–Kier alpha value is -2.54. The molecule has 1 aliphatic rings. The topological polar surface area (TPSA) is 94.7 Å². The molecule has 1 aliphatic heterocycles. The maximum atomic E-state index is 12.1. The summed E-state index contributed by atoms with van der Waals surface area (Å²) in [5, 5.41) is 0.137. The summed E-state index contributed by atoms with van der Waals surface area (Å²) in [7, 11) is 2.96. The van der Waals surface area contributed by atoms with Crippen molar-refractivity contribution in [3.05, 3.63) is 67.6 Å². The average Bonchev–Trinajstić information content (AvgIpc) is 2.82. The minimum atomic E-state index is -1.25. The molecule has 2 N–H and O–H groups in total. The lowest BCUT2D eigenvalue weighted by Crippen LogP contribution is -2.55. The molecule has 0 aliphatic carbocycles. The highest BCUT2D eigenvalue weighted by molar-refractivity contribution is 5.18. The summed E-state index contributed by atoms with van der Waals surface area (Å²) in [6.07, 6.45) is 0.361. The molecule has 0 spiro atoms. The summed E-state index contributed by atoms with van der Waals surface area (Å²) in [6.45, 7) is 0. The van der Waals surface area contributed by atoms with Crippen molar-refractivity contribution in [3.63, 3.8) is 0 Å². The zero-order valence-electron chi connectivity index (χ0n) is 11.8. The average molecular weight is 285 g/mol. The molecule has 1 atom stereocenters. The highest BCUT2D eigenvalue weighted by Gasteiger charge is 2.29. The molecule has 21 heavy (non-hydrogen) atoms. The highest BCUT2D eigenvalue weighted by atomic mass is 16.2. The highest BCUT2D eigenvalue weighted by Crippen LogP contribution is 2.13. The van der Waals surface area contributed by atoms with E-state index in [9.17, 15) is 9.59 Å². The molecule has 0 fully saturated rings. The minimum Gasteiger partial charge on any atom is -0.288 e. The second kappa shape index (κ2) is 4.49. The van der Waals surface area contributed by atoms with Gasteiger partial charge in [-0.1, -0.05) is 30.3 Å².